The van der Waals surface area contributed by atoms with Crippen molar-refractivity contribution in [1.82, 2.24) is 4.98 Å². The highest BCUT2D eigenvalue weighted by Crippen LogP contribution is 2.31. The Kier molecular flexibility index (Phi) is 3.87. The first kappa shape index (κ1) is 14.6. The number of aromatic nitrogens is 1. The summed E-state index contributed by atoms with van der Waals surface area (Å²) in [7, 11) is 0. The Hall–Kier alpha value is -2.31. The number of alkyl halides is 1. The smallest absolute Gasteiger partial charge is 0.227 e. The standard InChI is InChI=1S/C18H15ClN2O/c1-11(2)15-7-13(10-20)8-16-17(15)22-18(21-16)14-5-3-12(9-19)4-6-14/h3-8,11H,9H2,1-2H3. The van der Waals surface area contributed by atoms with Crippen LogP contribution in [0.3, 0.4) is 0 Å². The zero-order chi connectivity index (χ0) is 15.7. The number of fused-ring (bicyclic) bond motifs is 1. The van der Waals surface area contributed by atoms with Crippen molar-refractivity contribution in [3.8, 4) is 17.5 Å². The lowest BCUT2D eigenvalue weighted by Crippen LogP contribution is -1.89. The molecule has 0 aliphatic heterocycles. The molecule has 22 heavy (non-hydrogen) atoms. The van der Waals surface area contributed by atoms with Crippen LogP contribution >= 0.6 is 11.6 Å². The molecule has 0 unspecified atom stereocenters. The average molecular weight is 311 g/mol. The Morgan fingerprint density at radius 3 is 2.55 bits per heavy atom. The van der Waals surface area contributed by atoms with E-state index in [9.17, 15) is 0 Å². The second kappa shape index (κ2) is 5.82. The molecule has 3 rings (SSSR count). The summed E-state index contributed by atoms with van der Waals surface area (Å²) in [5.41, 5.74) is 5.04. The van der Waals surface area contributed by atoms with Gasteiger partial charge in [-0.15, -0.1) is 11.6 Å². The normalized spacial score (nSPS) is 11.0. The van der Waals surface area contributed by atoms with Gasteiger partial charge >= 0.3 is 0 Å². The molecule has 0 N–H and O–H groups in total. The van der Waals surface area contributed by atoms with Crippen molar-refractivity contribution in [2.45, 2.75) is 25.6 Å². The molecule has 4 heteroatoms. The molecular formula is C18H15ClN2O. The molecule has 0 atom stereocenters. The maximum Gasteiger partial charge on any atom is 0.227 e. The summed E-state index contributed by atoms with van der Waals surface area (Å²) in [4.78, 5) is 4.54. The van der Waals surface area contributed by atoms with E-state index in [0.29, 0.717) is 17.3 Å². The second-order valence-electron chi connectivity index (χ2n) is 5.53. The van der Waals surface area contributed by atoms with E-state index in [-0.39, 0.29) is 5.92 Å². The number of oxazole rings is 1. The summed E-state index contributed by atoms with van der Waals surface area (Å²) >= 11 is 5.81. The summed E-state index contributed by atoms with van der Waals surface area (Å²) in [6, 6.07) is 13.6. The van der Waals surface area contributed by atoms with Gasteiger partial charge in [-0.05, 0) is 35.7 Å². The number of hydrogen-bond donors (Lipinski definition) is 0. The highest BCUT2D eigenvalue weighted by Gasteiger charge is 2.15. The second-order valence-corrected chi connectivity index (χ2v) is 5.80. The van der Waals surface area contributed by atoms with E-state index in [0.717, 1.165) is 27.8 Å². The summed E-state index contributed by atoms with van der Waals surface area (Å²) in [6.45, 7) is 4.15. The summed E-state index contributed by atoms with van der Waals surface area (Å²) in [6.07, 6.45) is 0. The Bertz CT molecular complexity index is 857. The lowest BCUT2D eigenvalue weighted by molar-refractivity contribution is 0.611. The lowest BCUT2D eigenvalue weighted by atomic mass is 10.00. The van der Waals surface area contributed by atoms with E-state index in [1.54, 1.807) is 6.07 Å². The number of halogens is 1. The van der Waals surface area contributed by atoms with Gasteiger partial charge in [0.1, 0.15) is 5.52 Å². The first-order valence-corrected chi connectivity index (χ1v) is 7.65. The predicted molar refractivity (Wildman–Crippen MR) is 87.8 cm³/mol. The van der Waals surface area contributed by atoms with Gasteiger partial charge in [-0.3, -0.25) is 0 Å². The molecule has 3 nitrogen and oxygen atoms in total. The third kappa shape index (κ3) is 2.58. The van der Waals surface area contributed by atoms with Crippen LogP contribution in [-0.2, 0) is 5.88 Å². The van der Waals surface area contributed by atoms with Crippen LogP contribution < -0.4 is 0 Å². The van der Waals surface area contributed by atoms with Crippen molar-refractivity contribution in [1.29, 1.82) is 5.26 Å². The van der Waals surface area contributed by atoms with E-state index in [1.165, 1.54) is 0 Å². The molecule has 0 aliphatic carbocycles. The zero-order valence-electron chi connectivity index (χ0n) is 12.4. The molecule has 0 radical (unpaired) electrons. The predicted octanol–water partition coefficient (Wildman–Crippen LogP) is 5.23. The van der Waals surface area contributed by atoms with E-state index in [2.05, 4.69) is 24.9 Å². The van der Waals surface area contributed by atoms with E-state index < -0.39 is 0 Å². The van der Waals surface area contributed by atoms with E-state index in [1.807, 2.05) is 30.3 Å². The Morgan fingerprint density at radius 1 is 1.23 bits per heavy atom. The fourth-order valence-corrected chi connectivity index (χ4v) is 2.59. The van der Waals surface area contributed by atoms with Gasteiger partial charge < -0.3 is 4.42 Å². The van der Waals surface area contributed by atoms with Gasteiger partial charge in [0.05, 0.1) is 11.6 Å². The van der Waals surface area contributed by atoms with Gasteiger partial charge in [-0.2, -0.15) is 5.26 Å². The minimum atomic E-state index is 0.259. The zero-order valence-corrected chi connectivity index (χ0v) is 13.2. The third-order valence-corrected chi connectivity index (χ3v) is 3.93. The van der Waals surface area contributed by atoms with Gasteiger partial charge in [0, 0.05) is 17.0 Å². The van der Waals surface area contributed by atoms with Gasteiger partial charge in [0.25, 0.3) is 0 Å². The minimum absolute atomic E-state index is 0.259. The Balaban J connectivity index is 2.16. The van der Waals surface area contributed by atoms with Crippen molar-refractivity contribution in [2.24, 2.45) is 0 Å². The molecule has 110 valence electrons. The largest absolute Gasteiger partial charge is 0.436 e. The molecule has 0 aliphatic rings. The van der Waals surface area contributed by atoms with Crippen molar-refractivity contribution < 1.29 is 4.42 Å². The molecule has 0 fully saturated rings. The van der Waals surface area contributed by atoms with Crippen molar-refractivity contribution >= 4 is 22.7 Å². The van der Waals surface area contributed by atoms with Crippen LogP contribution in [0.25, 0.3) is 22.6 Å². The number of hydrogen-bond acceptors (Lipinski definition) is 3. The third-order valence-electron chi connectivity index (χ3n) is 3.63. The van der Waals surface area contributed by atoms with Gasteiger partial charge in [-0.25, -0.2) is 4.98 Å². The molecule has 0 saturated carbocycles. The molecule has 0 bridgehead atoms. The Labute approximate surface area is 134 Å². The van der Waals surface area contributed by atoms with Crippen LogP contribution in [0.2, 0.25) is 0 Å². The monoisotopic (exact) mass is 310 g/mol. The maximum atomic E-state index is 9.16. The van der Waals surface area contributed by atoms with Crippen molar-refractivity contribution in [3.05, 3.63) is 53.1 Å². The molecule has 1 heterocycles. The minimum Gasteiger partial charge on any atom is -0.436 e. The first-order chi connectivity index (χ1) is 10.6. The SMILES string of the molecule is CC(C)c1cc(C#N)cc2nc(-c3ccc(CCl)cc3)oc12. The van der Waals surface area contributed by atoms with Crippen LogP contribution in [0.1, 0.15) is 36.5 Å². The number of benzene rings is 2. The molecule has 2 aromatic carbocycles. The van der Waals surface area contributed by atoms with Crippen molar-refractivity contribution in [2.75, 3.05) is 0 Å². The Morgan fingerprint density at radius 2 is 1.95 bits per heavy atom. The van der Waals surface area contributed by atoms with Crippen LogP contribution in [0.4, 0.5) is 0 Å². The summed E-state index contributed by atoms with van der Waals surface area (Å²) < 4.78 is 5.97. The van der Waals surface area contributed by atoms with E-state index in [4.69, 9.17) is 21.3 Å². The molecule has 0 saturated heterocycles. The molecule has 3 aromatic rings. The lowest BCUT2D eigenvalue weighted by Gasteiger charge is -2.05. The highest BCUT2D eigenvalue weighted by atomic mass is 35.5. The first-order valence-electron chi connectivity index (χ1n) is 7.12. The van der Waals surface area contributed by atoms with Crippen LogP contribution in [0.15, 0.2) is 40.8 Å². The fourth-order valence-electron chi connectivity index (χ4n) is 2.41. The maximum absolute atomic E-state index is 9.16. The topological polar surface area (TPSA) is 49.8 Å². The molecular weight excluding hydrogens is 296 g/mol. The van der Waals surface area contributed by atoms with Crippen LogP contribution in [0.5, 0.6) is 0 Å². The quantitative estimate of drug-likeness (QED) is 0.622. The highest BCUT2D eigenvalue weighted by molar-refractivity contribution is 6.17. The van der Waals surface area contributed by atoms with Gasteiger partial charge in [0.2, 0.25) is 5.89 Å². The van der Waals surface area contributed by atoms with Gasteiger partial charge in [0.15, 0.2) is 5.58 Å². The number of nitrogens with zero attached hydrogens (tertiary/aromatic N) is 2. The molecule has 1 aromatic heterocycles. The number of nitriles is 1. The van der Waals surface area contributed by atoms with Gasteiger partial charge in [-0.1, -0.05) is 26.0 Å². The van der Waals surface area contributed by atoms with E-state index >= 15 is 0 Å². The number of rotatable bonds is 3. The van der Waals surface area contributed by atoms with Crippen LogP contribution in [0, 0.1) is 11.3 Å². The summed E-state index contributed by atoms with van der Waals surface area (Å²) in [5.74, 6) is 1.31. The van der Waals surface area contributed by atoms with Crippen LogP contribution in [-0.4, -0.2) is 4.98 Å². The molecule has 0 spiro atoms. The van der Waals surface area contributed by atoms with Crippen molar-refractivity contribution in [3.63, 3.8) is 0 Å². The summed E-state index contributed by atoms with van der Waals surface area (Å²) in [5, 5.41) is 9.16. The average Bonchev–Trinajstić information content (AvgIpc) is 2.97. The fraction of sp³-hybridized carbons (Fsp3) is 0.222. The molecule has 0 amide bonds.